The van der Waals surface area contributed by atoms with E-state index in [0.717, 1.165) is 13.0 Å². The topological polar surface area (TPSA) is 33.3 Å². The number of halogens is 1. The van der Waals surface area contributed by atoms with Gasteiger partial charge in [0.25, 0.3) is 0 Å². The highest BCUT2D eigenvalue weighted by Crippen LogP contribution is 2.28. The van der Waals surface area contributed by atoms with Crippen LogP contribution in [0.25, 0.3) is 0 Å². The first-order valence-electron chi connectivity index (χ1n) is 5.38. The van der Waals surface area contributed by atoms with Gasteiger partial charge in [-0.05, 0) is 44.8 Å². The van der Waals surface area contributed by atoms with Gasteiger partial charge >= 0.3 is 0 Å². The van der Waals surface area contributed by atoms with Gasteiger partial charge in [-0.2, -0.15) is 0 Å². The fourth-order valence-corrected chi connectivity index (χ4v) is 1.93. The van der Waals surface area contributed by atoms with Crippen LogP contribution in [0.15, 0.2) is 18.2 Å². The summed E-state index contributed by atoms with van der Waals surface area (Å²) in [5, 5.41) is 7.08. The zero-order valence-electron chi connectivity index (χ0n) is 10.0. The molecule has 1 unspecified atom stereocenters. The van der Waals surface area contributed by atoms with Crippen molar-refractivity contribution in [3.63, 3.8) is 0 Å². The number of benzene rings is 1. The van der Waals surface area contributed by atoms with E-state index in [1.165, 1.54) is 5.56 Å². The molecule has 0 saturated carbocycles. The van der Waals surface area contributed by atoms with E-state index in [0.29, 0.717) is 16.8 Å². The van der Waals surface area contributed by atoms with Gasteiger partial charge in [-0.25, -0.2) is 0 Å². The summed E-state index contributed by atoms with van der Waals surface area (Å²) >= 11 is 6.10. The highest BCUT2D eigenvalue weighted by Gasteiger charge is 2.10. The molecule has 0 aliphatic carbocycles. The Morgan fingerprint density at radius 3 is 2.62 bits per heavy atom. The Hall–Kier alpha value is -0.770. The van der Waals surface area contributed by atoms with Crippen LogP contribution in [-0.2, 0) is 0 Å². The molecular weight excluding hydrogens is 224 g/mol. The summed E-state index contributed by atoms with van der Waals surface area (Å²) in [6.45, 7) is 0.967. The van der Waals surface area contributed by atoms with Gasteiger partial charge in [0, 0.05) is 6.04 Å². The Labute approximate surface area is 102 Å². The van der Waals surface area contributed by atoms with E-state index in [1.807, 2.05) is 32.3 Å². The molecular formula is C12H19ClN2O. The molecule has 0 saturated heterocycles. The quantitative estimate of drug-likeness (QED) is 0.803. The van der Waals surface area contributed by atoms with E-state index in [9.17, 15) is 0 Å². The van der Waals surface area contributed by atoms with Crippen molar-refractivity contribution in [3.05, 3.63) is 28.8 Å². The first-order chi connectivity index (χ1) is 7.72. The average Bonchev–Trinajstić information content (AvgIpc) is 2.30. The summed E-state index contributed by atoms with van der Waals surface area (Å²) in [6.07, 6.45) is 1.02. The second-order valence-corrected chi connectivity index (χ2v) is 4.03. The van der Waals surface area contributed by atoms with Crippen LogP contribution >= 0.6 is 11.6 Å². The zero-order valence-corrected chi connectivity index (χ0v) is 10.8. The molecule has 1 rings (SSSR count). The van der Waals surface area contributed by atoms with E-state index >= 15 is 0 Å². The smallest absolute Gasteiger partial charge is 0.137 e. The Kier molecular flexibility index (Phi) is 5.60. The lowest BCUT2D eigenvalue weighted by atomic mass is 10.0. The van der Waals surface area contributed by atoms with Crippen molar-refractivity contribution in [2.75, 3.05) is 27.7 Å². The van der Waals surface area contributed by atoms with E-state index < -0.39 is 0 Å². The number of methoxy groups -OCH3 is 1. The standard InChI is InChI=1S/C12H19ClN2O/c1-14-7-6-11(15-2)9-4-5-12(16-3)10(13)8-9/h4-5,8,11,14-15H,6-7H2,1-3H3. The van der Waals surface area contributed by atoms with Gasteiger partial charge in [0.2, 0.25) is 0 Å². The minimum atomic E-state index is 0.316. The summed E-state index contributed by atoms with van der Waals surface area (Å²) in [6, 6.07) is 6.22. The molecule has 0 bridgehead atoms. The zero-order chi connectivity index (χ0) is 12.0. The van der Waals surface area contributed by atoms with E-state index in [2.05, 4.69) is 10.6 Å². The third-order valence-electron chi connectivity index (χ3n) is 2.61. The molecule has 1 aromatic carbocycles. The van der Waals surface area contributed by atoms with Gasteiger partial charge in [-0.3, -0.25) is 0 Å². The Morgan fingerprint density at radius 2 is 2.12 bits per heavy atom. The summed E-state index contributed by atoms with van der Waals surface area (Å²) in [4.78, 5) is 0. The predicted octanol–water partition coefficient (Wildman–Crippen LogP) is 2.22. The monoisotopic (exact) mass is 242 g/mol. The maximum absolute atomic E-state index is 6.10. The molecule has 0 aliphatic rings. The molecule has 0 heterocycles. The van der Waals surface area contributed by atoms with Crippen molar-refractivity contribution in [3.8, 4) is 5.75 Å². The van der Waals surface area contributed by atoms with Gasteiger partial charge in [0.05, 0.1) is 12.1 Å². The molecule has 0 fully saturated rings. The maximum atomic E-state index is 6.10. The van der Waals surface area contributed by atoms with Crippen molar-refractivity contribution < 1.29 is 4.74 Å². The summed E-state index contributed by atoms with van der Waals surface area (Å²) < 4.78 is 5.13. The summed E-state index contributed by atoms with van der Waals surface area (Å²) in [5.41, 5.74) is 1.18. The molecule has 4 heteroatoms. The first kappa shape index (κ1) is 13.3. The molecule has 0 radical (unpaired) electrons. The highest BCUT2D eigenvalue weighted by atomic mass is 35.5. The normalized spacial score (nSPS) is 12.5. The first-order valence-corrected chi connectivity index (χ1v) is 5.76. The second-order valence-electron chi connectivity index (χ2n) is 3.63. The van der Waals surface area contributed by atoms with Crippen LogP contribution in [0, 0.1) is 0 Å². The number of nitrogens with one attached hydrogen (secondary N) is 2. The number of hydrogen-bond donors (Lipinski definition) is 2. The fourth-order valence-electron chi connectivity index (χ4n) is 1.67. The van der Waals surface area contributed by atoms with Crippen LogP contribution in [0.5, 0.6) is 5.75 Å². The molecule has 1 aromatic rings. The molecule has 2 N–H and O–H groups in total. The van der Waals surface area contributed by atoms with Crippen LogP contribution in [0.4, 0.5) is 0 Å². The molecule has 0 aliphatic heterocycles. The molecule has 3 nitrogen and oxygen atoms in total. The van der Waals surface area contributed by atoms with Crippen LogP contribution in [0.3, 0.4) is 0 Å². The molecule has 0 spiro atoms. The van der Waals surface area contributed by atoms with Crippen molar-refractivity contribution >= 4 is 11.6 Å². The summed E-state index contributed by atoms with van der Waals surface area (Å²) in [5.74, 6) is 0.717. The molecule has 90 valence electrons. The third-order valence-corrected chi connectivity index (χ3v) is 2.91. The van der Waals surface area contributed by atoms with Crippen molar-refractivity contribution in [2.24, 2.45) is 0 Å². The molecule has 0 amide bonds. The SMILES string of the molecule is CNCCC(NC)c1ccc(OC)c(Cl)c1. The third kappa shape index (κ3) is 3.37. The maximum Gasteiger partial charge on any atom is 0.137 e. The minimum absolute atomic E-state index is 0.316. The molecule has 0 aromatic heterocycles. The van der Waals surface area contributed by atoms with E-state index in [4.69, 9.17) is 16.3 Å². The largest absolute Gasteiger partial charge is 0.495 e. The number of rotatable bonds is 6. The van der Waals surface area contributed by atoms with E-state index in [1.54, 1.807) is 7.11 Å². The Balaban J connectivity index is 2.80. The van der Waals surface area contributed by atoms with Crippen LogP contribution < -0.4 is 15.4 Å². The van der Waals surface area contributed by atoms with Crippen LogP contribution in [0.2, 0.25) is 5.02 Å². The minimum Gasteiger partial charge on any atom is -0.495 e. The Morgan fingerprint density at radius 1 is 1.38 bits per heavy atom. The summed E-state index contributed by atoms with van der Waals surface area (Å²) in [7, 11) is 5.53. The Bertz CT molecular complexity index is 331. The van der Waals surface area contributed by atoms with Crippen LogP contribution in [0.1, 0.15) is 18.0 Å². The lowest BCUT2D eigenvalue weighted by Crippen LogP contribution is -2.21. The van der Waals surface area contributed by atoms with Gasteiger partial charge in [-0.15, -0.1) is 0 Å². The van der Waals surface area contributed by atoms with Gasteiger partial charge < -0.3 is 15.4 Å². The number of ether oxygens (including phenoxy) is 1. The molecule has 16 heavy (non-hydrogen) atoms. The fraction of sp³-hybridized carbons (Fsp3) is 0.500. The average molecular weight is 243 g/mol. The second kappa shape index (κ2) is 6.74. The lowest BCUT2D eigenvalue weighted by Gasteiger charge is -2.17. The van der Waals surface area contributed by atoms with Crippen molar-refractivity contribution in [2.45, 2.75) is 12.5 Å². The van der Waals surface area contributed by atoms with Gasteiger partial charge in [0.1, 0.15) is 5.75 Å². The van der Waals surface area contributed by atoms with Gasteiger partial charge in [-0.1, -0.05) is 17.7 Å². The number of hydrogen-bond acceptors (Lipinski definition) is 3. The highest BCUT2D eigenvalue weighted by molar-refractivity contribution is 6.32. The van der Waals surface area contributed by atoms with Gasteiger partial charge in [0.15, 0.2) is 0 Å². The molecule has 1 atom stereocenters. The van der Waals surface area contributed by atoms with Crippen molar-refractivity contribution in [1.29, 1.82) is 0 Å². The van der Waals surface area contributed by atoms with Crippen LogP contribution in [-0.4, -0.2) is 27.7 Å². The van der Waals surface area contributed by atoms with Crippen molar-refractivity contribution in [1.82, 2.24) is 10.6 Å². The lowest BCUT2D eigenvalue weighted by molar-refractivity contribution is 0.414. The van der Waals surface area contributed by atoms with E-state index in [-0.39, 0.29) is 0 Å². The predicted molar refractivity (Wildman–Crippen MR) is 68.3 cm³/mol.